The Kier molecular flexibility index (Phi) is 6.14. The van der Waals surface area contributed by atoms with Crippen LogP contribution in [0.25, 0.3) is 65.9 Å². The molecule has 216 valence electrons. The van der Waals surface area contributed by atoms with E-state index in [1.165, 1.54) is 43.8 Å². The monoisotopic (exact) mass is 588 g/mol. The molecule has 0 aliphatic rings. The predicted octanol–water partition coefficient (Wildman–Crippen LogP) is 12.1. The van der Waals surface area contributed by atoms with E-state index in [2.05, 4.69) is 162 Å². The van der Waals surface area contributed by atoms with E-state index in [-0.39, 0.29) is 0 Å². The molecule has 2 heterocycles. The van der Waals surface area contributed by atoms with Gasteiger partial charge in [-0.1, -0.05) is 103 Å². The molecular formula is C43H28N2O. The molecule has 0 N–H and O–H groups in total. The maximum atomic E-state index is 6.47. The fourth-order valence-corrected chi connectivity index (χ4v) is 6.55. The third kappa shape index (κ3) is 4.49. The Morgan fingerprint density at radius 1 is 0.435 bits per heavy atom. The lowest BCUT2D eigenvalue weighted by Gasteiger charge is -2.26. The number of anilines is 3. The van der Waals surface area contributed by atoms with Crippen molar-refractivity contribution in [3.05, 3.63) is 170 Å². The van der Waals surface area contributed by atoms with Crippen LogP contribution in [0.15, 0.2) is 174 Å². The highest BCUT2D eigenvalue weighted by molar-refractivity contribution is 6.08. The summed E-state index contributed by atoms with van der Waals surface area (Å²) in [6, 6.07) is 58.1. The van der Waals surface area contributed by atoms with E-state index in [9.17, 15) is 0 Å². The predicted molar refractivity (Wildman–Crippen MR) is 192 cm³/mol. The van der Waals surface area contributed by atoms with Gasteiger partial charge in [-0.2, -0.15) is 0 Å². The molecule has 0 aliphatic carbocycles. The highest BCUT2D eigenvalue weighted by Gasteiger charge is 2.20. The van der Waals surface area contributed by atoms with Crippen molar-refractivity contribution in [2.24, 2.45) is 0 Å². The standard InChI is InChI=1S/C43H28N2O/c1-3-9-33-27-35(16-14-29(33)7-1)31-18-22-37(23-19-31)45(40-12-5-11-39-42-41(46-43(39)40)13-6-26-44-42)38-24-20-32(21-25-38)36-17-15-30-8-2-4-10-34(30)28-36/h1-28H. The highest BCUT2D eigenvalue weighted by Crippen LogP contribution is 2.42. The number of pyridine rings is 1. The molecule has 46 heavy (non-hydrogen) atoms. The Labute approximate surface area is 266 Å². The first kappa shape index (κ1) is 26.2. The number of hydrogen-bond donors (Lipinski definition) is 0. The lowest BCUT2D eigenvalue weighted by atomic mass is 10.00. The number of aromatic nitrogens is 1. The molecule has 0 amide bonds. The van der Waals surface area contributed by atoms with E-state index in [1.54, 1.807) is 0 Å². The normalized spacial score (nSPS) is 11.5. The van der Waals surface area contributed by atoms with Gasteiger partial charge in [-0.25, -0.2) is 0 Å². The fourth-order valence-electron chi connectivity index (χ4n) is 6.55. The molecule has 9 rings (SSSR count). The quantitative estimate of drug-likeness (QED) is 0.200. The van der Waals surface area contributed by atoms with Crippen molar-refractivity contribution in [3.63, 3.8) is 0 Å². The van der Waals surface area contributed by atoms with Gasteiger partial charge in [0, 0.05) is 23.0 Å². The number of rotatable bonds is 5. The Bertz CT molecular complexity index is 2410. The molecule has 0 radical (unpaired) electrons. The summed E-state index contributed by atoms with van der Waals surface area (Å²) in [6.45, 7) is 0. The first-order valence-corrected chi connectivity index (χ1v) is 15.5. The number of para-hydroxylation sites is 1. The van der Waals surface area contributed by atoms with Crippen LogP contribution < -0.4 is 4.90 Å². The molecule has 0 aliphatic heterocycles. The van der Waals surface area contributed by atoms with Gasteiger partial charge in [0.05, 0.1) is 5.69 Å². The van der Waals surface area contributed by atoms with E-state index in [4.69, 9.17) is 4.42 Å². The number of nitrogens with zero attached hydrogens (tertiary/aromatic N) is 2. The molecule has 0 unspecified atom stereocenters. The molecular weight excluding hydrogens is 560 g/mol. The first-order chi connectivity index (χ1) is 22.8. The van der Waals surface area contributed by atoms with Gasteiger partial charge in [-0.15, -0.1) is 0 Å². The van der Waals surface area contributed by atoms with E-state index in [0.29, 0.717) is 0 Å². The van der Waals surface area contributed by atoms with Crippen LogP contribution in [0.2, 0.25) is 0 Å². The maximum Gasteiger partial charge on any atom is 0.161 e. The van der Waals surface area contributed by atoms with Gasteiger partial charge < -0.3 is 9.32 Å². The van der Waals surface area contributed by atoms with Crippen LogP contribution in [-0.2, 0) is 0 Å². The zero-order valence-electron chi connectivity index (χ0n) is 25.0. The van der Waals surface area contributed by atoms with Crippen molar-refractivity contribution in [1.82, 2.24) is 4.98 Å². The second-order valence-electron chi connectivity index (χ2n) is 11.7. The minimum absolute atomic E-state index is 0.781. The summed E-state index contributed by atoms with van der Waals surface area (Å²) in [5.74, 6) is 0. The molecule has 3 heteroatoms. The molecule has 7 aromatic carbocycles. The summed E-state index contributed by atoms with van der Waals surface area (Å²) >= 11 is 0. The first-order valence-electron chi connectivity index (χ1n) is 15.5. The van der Waals surface area contributed by atoms with E-state index in [1.807, 2.05) is 18.3 Å². The summed E-state index contributed by atoms with van der Waals surface area (Å²) in [4.78, 5) is 6.91. The van der Waals surface area contributed by atoms with Crippen LogP contribution in [0.4, 0.5) is 17.1 Å². The lowest BCUT2D eigenvalue weighted by molar-refractivity contribution is 0.668. The Balaban J connectivity index is 1.16. The second kappa shape index (κ2) is 10.8. The molecule has 0 saturated carbocycles. The summed E-state index contributed by atoms with van der Waals surface area (Å²) < 4.78 is 6.47. The zero-order chi connectivity index (χ0) is 30.5. The van der Waals surface area contributed by atoms with Crippen LogP contribution in [-0.4, -0.2) is 4.98 Å². The molecule has 0 fully saturated rings. The van der Waals surface area contributed by atoms with Crippen LogP contribution in [0.1, 0.15) is 0 Å². The van der Waals surface area contributed by atoms with Crippen molar-refractivity contribution in [2.75, 3.05) is 4.90 Å². The second-order valence-corrected chi connectivity index (χ2v) is 11.7. The third-order valence-electron chi connectivity index (χ3n) is 8.89. The number of furan rings is 1. The molecule has 2 aromatic heterocycles. The summed E-state index contributed by atoms with van der Waals surface area (Å²) in [5.41, 5.74) is 10.3. The summed E-state index contributed by atoms with van der Waals surface area (Å²) in [7, 11) is 0. The zero-order valence-corrected chi connectivity index (χ0v) is 25.0. The van der Waals surface area contributed by atoms with E-state index < -0.39 is 0 Å². The van der Waals surface area contributed by atoms with Crippen molar-refractivity contribution < 1.29 is 4.42 Å². The van der Waals surface area contributed by atoms with Crippen LogP contribution >= 0.6 is 0 Å². The smallest absolute Gasteiger partial charge is 0.161 e. The Morgan fingerprint density at radius 2 is 0.978 bits per heavy atom. The molecule has 0 bridgehead atoms. The Morgan fingerprint density at radius 3 is 1.57 bits per heavy atom. The van der Waals surface area contributed by atoms with Crippen molar-refractivity contribution in [3.8, 4) is 22.3 Å². The summed E-state index contributed by atoms with van der Waals surface area (Å²) in [5, 5.41) is 5.97. The molecule has 0 spiro atoms. The molecule has 0 atom stereocenters. The van der Waals surface area contributed by atoms with Crippen molar-refractivity contribution in [1.29, 1.82) is 0 Å². The molecule has 0 saturated heterocycles. The average molecular weight is 589 g/mol. The number of benzene rings is 7. The van der Waals surface area contributed by atoms with Gasteiger partial charge >= 0.3 is 0 Å². The van der Waals surface area contributed by atoms with E-state index >= 15 is 0 Å². The van der Waals surface area contributed by atoms with Crippen LogP contribution in [0, 0.1) is 0 Å². The number of hydrogen-bond acceptors (Lipinski definition) is 3. The van der Waals surface area contributed by atoms with Gasteiger partial charge in [0.1, 0.15) is 5.52 Å². The summed E-state index contributed by atoms with van der Waals surface area (Å²) in [6.07, 6.45) is 1.82. The van der Waals surface area contributed by atoms with Crippen molar-refractivity contribution >= 4 is 60.7 Å². The van der Waals surface area contributed by atoms with Gasteiger partial charge in [0.25, 0.3) is 0 Å². The number of fused-ring (bicyclic) bond motifs is 5. The highest BCUT2D eigenvalue weighted by atomic mass is 16.3. The van der Waals surface area contributed by atoms with Crippen molar-refractivity contribution in [2.45, 2.75) is 0 Å². The minimum atomic E-state index is 0.781. The van der Waals surface area contributed by atoms with Gasteiger partial charge in [-0.05, 0) is 104 Å². The maximum absolute atomic E-state index is 6.47. The van der Waals surface area contributed by atoms with Gasteiger partial charge in [0.2, 0.25) is 0 Å². The topological polar surface area (TPSA) is 29.3 Å². The molecule has 9 aromatic rings. The largest absolute Gasteiger partial charge is 0.452 e. The van der Waals surface area contributed by atoms with Gasteiger partial charge in [0.15, 0.2) is 11.2 Å². The molecule has 3 nitrogen and oxygen atoms in total. The SMILES string of the molecule is c1ccc2cc(-c3ccc(N(c4ccc(-c5ccc6ccccc6c5)cc4)c4cccc5c4oc4cccnc45)cc3)ccc2c1. The third-order valence-corrected chi connectivity index (χ3v) is 8.89. The Hall–Kier alpha value is -6.19. The van der Waals surface area contributed by atoms with Gasteiger partial charge in [-0.3, -0.25) is 4.98 Å². The fraction of sp³-hybridized carbons (Fsp3) is 0. The van der Waals surface area contributed by atoms with Crippen LogP contribution in [0.3, 0.4) is 0 Å². The minimum Gasteiger partial charge on any atom is -0.452 e. The van der Waals surface area contributed by atoms with Crippen LogP contribution in [0.5, 0.6) is 0 Å². The average Bonchev–Trinajstić information content (AvgIpc) is 3.51. The lowest BCUT2D eigenvalue weighted by Crippen LogP contribution is -2.10. The van der Waals surface area contributed by atoms with E-state index in [0.717, 1.165) is 39.1 Å².